The first-order chi connectivity index (χ1) is 10.5. The average molecular weight is 304 g/mol. The zero-order valence-corrected chi connectivity index (χ0v) is 13.9. The highest BCUT2D eigenvalue weighted by molar-refractivity contribution is 5.97. The Morgan fingerprint density at radius 1 is 1.09 bits per heavy atom. The van der Waals surface area contributed by atoms with E-state index >= 15 is 0 Å². The molecule has 22 heavy (non-hydrogen) atoms. The third-order valence-corrected chi connectivity index (χ3v) is 3.48. The second-order valence-electron chi connectivity index (χ2n) is 5.89. The number of amides is 2. The van der Waals surface area contributed by atoms with Crippen LogP contribution in [0.5, 0.6) is 0 Å². The molecule has 0 aromatic heterocycles. The van der Waals surface area contributed by atoms with Gasteiger partial charge in [0.25, 0.3) is 5.91 Å². The topological polar surface area (TPSA) is 58.2 Å². The molecule has 0 atom stereocenters. The molecule has 0 heterocycles. The number of carbonyl (C=O) groups is 2. The Balaban J connectivity index is 2.44. The lowest BCUT2D eigenvalue weighted by atomic mass is 10.1. The van der Waals surface area contributed by atoms with Gasteiger partial charge < -0.3 is 10.6 Å². The second-order valence-corrected chi connectivity index (χ2v) is 5.89. The summed E-state index contributed by atoms with van der Waals surface area (Å²) in [6, 6.07) is 7.05. The quantitative estimate of drug-likeness (QED) is 0.678. The molecule has 4 heteroatoms. The monoisotopic (exact) mass is 304 g/mol. The Bertz CT molecular complexity index is 484. The van der Waals surface area contributed by atoms with E-state index in [1.807, 2.05) is 13.8 Å². The van der Waals surface area contributed by atoms with Crippen molar-refractivity contribution in [1.29, 1.82) is 0 Å². The Morgan fingerprint density at radius 2 is 1.82 bits per heavy atom. The molecule has 2 amide bonds. The van der Waals surface area contributed by atoms with Crippen LogP contribution in [0.1, 0.15) is 63.2 Å². The summed E-state index contributed by atoms with van der Waals surface area (Å²) in [6.07, 6.45) is 5.87. The van der Waals surface area contributed by atoms with E-state index in [1.54, 1.807) is 24.3 Å². The number of hydrogen-bond acceptors (Lipinski definition) is 2. The lowest BCUT2D eigenvalue weighted by Gasteiger charge is -2.10. The zero-order chi connectivity index (χ0) is 16.4. The first-order valence-electron chi connectivity index (χ1n) is 8.23. The molecule has 1 rings (SSSR count). The summed E-state index contributed by atoms with van der Waals surface area (Å²) in [5.74, 6) is -0.217. The number of hydrogen-bond donors (Lipinski definition) is 2. The second kappa shape index (κ2) is 9.98. The molecule has 2 N–H and O–H groups in total. The summed E-state index contributed by atoms with van der Waals surface area (Å²) in [4.78, 5) is 23.8. The molecule has 0 aliphatic carbocycles. The van der Waals surface area contributed by atoms with E-state index in [0.29, 0.717) is 17.8 Å². The van der Waals surface area contributed by atoms with Gasteiger partial charge >= 0.3 is 0 Å². The number of unbranched alkanes of at least 4 members (excludes halogenated alkanes) is 4. The fourth-order valence-electron chi connectivity index (χ4n) is 2.06. The molecule has 1 aromatic rings. The van der Waals surface area contributed by atoms with Gasteiger partial charge in [-0.15, -0.1) is 0 Å². The molecule has 0 radical (unpaired) electrons. The van der Waals surface area contributed by atoms with Crippen molar-refractivity contribution < 1.29 is 9.59 Å². The van der Waals surface area contributed by atoms with E-state index in [1.165, 1.54) is 19.3 Å². The van der Waals surface area contributed by atoms with Crippen molar-refractivity contribution in [2.75, 3.05) is 11.9 Å². The lowest BCUT2D eigenvalue weighted by Crippen LogP contribution is -2.24. The molecule has 0 unspecified atom stereocenters. The molecule has 0 bridgehead atoms. The molecule has 0 aliphatic heterocycles. The van der Waals surface area contributed by atoms with Crippen LogP contribution < -0.4 is 10.6 Å². The lowest BCUT2D eigenvalue weighted by molar-refractivity contribution is -0.118. The first-order valence-corrected chi connectivity index (χ1v) is 8.23. The molecule has 0 saturated heterocycles. The van der Waals surface area contributed by atoms with Crippen LogP contribution in [0.2, 0.25) is 0 Å². The predicted molar refractivity (Wildman–Crippen MR) is 91.0 cm³/mol. The van der Waals surface area contributed by atoms with Crippen molar-refractivity contribution in [3.63, 3.8) is 0 Å². The number of rotatable bonds is 9. The van der Waals surface area contributed by atoms with Crippen LogP contribution in [-0.4, -0.2) is 18.4 Å². The number of carbonyl (C=O) groups excluding carboxylic acids is 2. The summed E-state index contributed by atoms with van der Waals surface area (Å²) in [6.45, 7) is 6.56. The molecule has 1 aromatic carbocycles. The summed E-state index contributed by atoms with van der Waals surface area (Å²) in [7, 11) is 0. The minimum atomic E-state index is -0.0869. The molecular formula is C18H28N2O2. The Kier molecular flexibility index (Phi) is 8.26. The van der Waals surface area contributed by atoms with E-state index in [9.17, 15) is 9.59 Å². The SMILES string of the molecule is CCCCCCCNC(=O)c1cccc(NC(=O)C(C)C)c1. The predicted octanol–water partition coefficient (Wildman–Crippen LogP) is 3.98. The van der Waals surface area contributed by atoms with Crippen LogP contribution in [0, 0.1) is 5.92 Å². The standard InChI is InChI=1S/C18H28N2O2/c1-4-5-6-7-8-12-19-18(22)15-10-9-11-16(13-15)20-17(21)14(2)3/h9-11,13-14H,4-8,12H2,1-3H3,(H,19,22)(H,20,21). The summed E-state index contributed by atoms with van der Waals surface area (Å²) >= 11 is 0. The Hall–Kier alpha value is -1.84. The average Bonchev–Trinajstić information content (AvgIpc) is 2.50. The smallest absolute Gasteiger partial charge is 0.251 e. The third-order valence-electron chi connectivity index (χ3n) is 3.48. The van der Waals surface area contributed by atoms with Gasteiger partial charge in [-0.1, -0.05) is 52.5 Å². The maximum atomic E-state index is 12.1. The van der Waals surface area contributed by atoms with Crippen molar-refractivity contribution in [2.45, 2.75) is 52.9 Å². The highest BCUT2D eigenvalue weighted by atomic mass is 16.2. The highest BCUT2D eigenvalue weighted by Crippen LogP contribution is 2.12. The van der Waals surface area contributed by atoms with Gasteiger partial charge in [-0.05, 0) is 24.6 Å². The fourth-order valence-corrected chi connectivity index (χ4v) is 2.06. The Morgan fingerprint density at radius 3 is 2.50 bits per heavy atom. The maximum Gasteiger partial charge on any atom is 0.251 e. The normalized spacial score (nSPS) is 10.5. The molecular weight excluding hydrogens is 276 g/mol. The van der Waals surface area contributed by atoms with Crippen molar-refractivity contribution in [1.82, 2.24) is 5.32 Å². The summed E-state index contributed by atoms with van der Waals surface area (Å²) < 4.78 is 0. The molecule has 122 valence electrons. The van der Waals surface area contributed by atoms with Gasteiger partial charge in [0.05, 0.1) is 0 Å². The van der Waals surface area contributed by atoms with Gasteiger partial charge in [0, 0.05) is 23.7 Å². The molecule has 0 aliphatic rings. The largest absolute Gasteiger partial charge is 0.352 e. The van der Waals surface area contributed by atoms with E-state index in [4.69, 9.17) is 0 Å². The van der Waals surface area contributed by atoms with E-state index in [2.05, 4.69) is 17.6 Å². The van der Waals surface area contributed by atoms with Gasteiger partial charge in [0.1, 0.15) is 0 Å². The molecule has 0 saturated carbocycles. The minimum Gasteiger partial charge on any atom is -0.352 e. The number of benzene rings is 1. The van der Waals surface area contributed by atoms with E-state index in [-0.39, 0.29) is 17.7 Å². The van der Waals surface area contributed by atoms with Crippen LogP contribution in [0.15, 0.2) is 24.3 Å². The van der Waals surface area contributed by atoms with Crippen LogP contribution in [0.4, 0.5) is 5.69 Å². The minimum absolute atomic E-state index is 0.0477. The summed E-state index contributed by atoms with van der Waals surface area (Å²) in [5, 5.41) is 5.74. The van der Waals surface area contributed by atoms with Crippen LogP contribution in [0.3, 0.4) is 0 Å². The first kappa shape index (κ1) is 18.2. The maximum absolute atomic E-state index is 12.1. The van der Waals surface area contributed by atoms with Crippen LogP contribution in [-0.2, 0) is 4.79 Å². The number of nitrogens with one attached hydrogen (secondary N) is 2. The van der Waals surface area contributed by atoms with Crippen molar-refractivity contribution in [3.8, 4) is 0 Å². The van der Waals surface area contributed by atoms with Crippen LogP contribution >= 0.6 is 0 Å². The number of anilines is 1. The van der Waals surface area contributed by atoms with Crippen LogP contribution in [0.25, 0.3) is 0 Å². The van der Waals surface area contributed by atoms with E-state index in [0.717, 1.165) is 12.8 Å². The van der Waals surface area contributed by atoms with Gasteiger partial charge in [0.15, 0.2) is 0 Å². The van der Waals surface area contributed by atoms with E-state index < -0.39 is 0 Å². The fraction of sp³-hybridized carbons (Fsp3) is 0.556. The van der Waals surface area contributed by atoms with Crippen molar-refractivity contribution in [3.05, 3.63) is 29.8 Å². The van der Waals surface area contributed by atoms with Gasteiger partial charge in [-0.25, -0.2) is 0 Å². The zero-order valence-electron chi connectivity index (χ0n) is 13.9. The van der Waals surface area contributed by atoms with Gasteiger partial charge in [-0.2, -0.15) is 0 Å². The van der Waals surface area contributed by atoms with Crippen molar-refractivity contribution >= 4 is 17.5 Å². The highest BCUT2D eigenvalue weighted by Gasteiger charge is 2.09. The molecule has 0 fully saturated rings. The molecule has 4 nitrogen and oxygen atoms in total. The van der Waals surface area contributed by atoms with Gasteiger partial charge in [0.2, 0.25) is 5.91 Å². The summed E-state index contributed by atoms with van der Waals surface area (Å²) in [5.41, 5.74) is 1.24. The van der Waals surface area contributed by atoms with Crippen molar-refractivity contribution in [2.24, 2.45) is 5.92 Å². The third kappa shape index (κ3) is 6.74. The molecule has 0 spiro atoms. The Labute approximate surface area is 133 Å². The van der Waals surface area contributed by atoms with Gasteiger partial charge in [-0.3, -0.25) is 9.59 Å².